The number of aryl methyl sites for hydroxylation is 1. The van der Waals surface area contributed by atoms with Crippen LogP contribution in [0.2, 0.25) is 5.15 Å². The van der Waals surface area contributed by atoms with Gasteiger partial charge in [0.15, 0.2) is 0 Å². The van der Waals surface area contributed by atoms with Crippen molar-refractivity contribution in [1.29, 1.82) is 0 Å². The Balaban J connectivity index is 2.78. The molecule has 6 heteroatoms. The molecule has 0 N–H and O–H groups in total. The van der Waals surface area contributed by atoms with Gasteiger partial charge in [0, 0.05) is 11.3 Å². The van der Waals surface area contributed by atoms with Gasteiger partial charge in [-0.1, -0.05) is 17.7 Å². The Bertz CT molecular complexity index is 430. The van der Waals surface area contributed by atoms with Crippen molar-refractivity contribution in [3.05, 3.63) is 28.5 Å². The Morgan fingerprint density at radius 3 is 2.64 bits per heavy atom. The molecule has 0 aliphatic heterocycles. The molecular formula is C8H10ClNO3S. The van der Waals surface area contributed by atoms with Gasteiger partial charge in [-0.3, -0.25) is 4.18 Å². The fourth-order valence-corrected chi connectivity index (χ4v) is 1.42. The van der Waals surface area contributed by atoms with Crippen molar-refractivity contribution in [3.63, 3.8) is 0 Å². The molecule has 1 heterocycles. The van der Waals surface area contributed by atoms with Crippen molar-refractivity contribution < 1.29 is 12.6 Å². The second-order valence-electron chi connectivity index (χ2n) is 2.87. The van der Waals surface area contributed by atoms with E-state index >= 15 is 0 Å². The Hall–Kier alpha value is -0.650. The van der Waals surface area contributed by atoms with Gasteiger partial charge in [0.25, 0.3) is 10.1 Å². The molecule has 1 aromatic heterocycles. The van der Waals surface area contributed by atoms with E-state index in [1.807, 2.05) is 0 Å². The van der Waals surface area contributed by atoms with Crippen LogP contribution in [-0.2, 0) is 20.9 Å². The normalized spacial score (nSPS) is 11.6. The summed E-state index contributed by atoms with van der Waals surface area (Å²) in [5.74, 6) is 0. The molecule has 0 amide bonds. The summed E-state index contributed by atoms with van der Waals surface area (Å²) in [6.07, 6.45) is 0.989. The quantitative estimate of drug-likeness (QED) is 0.589. The molecule has 78 valence electrons. The fourth-order valence-electron chi connectivity index (χ4n) is 0.832. The first-order valence-corrected chi connectivity index (χ1v) is 6.04. The van der Waals surface area contributed by atoms with E-state index in [2.05, 4.69) is 9.17 Å². The van der Waals surface area contributed by atoms with Crippen LogP contribution >= 0.6 is 11.6 Å². The molecule has 1 rings (SSSR count). The fraction of sp³-hybridized carbons (Fsp3) is 0.375. The number of rotatable bonds is 3. The minimum absolute atomic E-state index is 0.0784. The van der Waals surface area contributed by atoms with Crippen molar-refractivity contribution >= 4 is 21.7 Å². The van der Waals surface area contributed by atoms with E-state index in [-0.39, 0.29) is 11.8 Å². The van der Waals surface area contributed by atoms with Crippen LogP contribution in [0.3, 0.4) is 0 Å². The van der Waals surface area contributed by atoms with E-state index in [9.17, 15) is 8.42 Å². The Morgan fingerprint density at radius 2 is 2.14 bits per heavy atom. The van der Waals surface area contributed by atoms with Crippen LogP contribution in [0.5, 0.6) is 0 Å². The summed E-state index contributed by atoms with van der Waals surface area (Å²) in [4.78, 5) is 3.96. The minimum atomic E-state index is -3.44. The lowest BCUT2D eigenvalue weighted by Crippen LogP contribution is -2.03. The maximum absolute atomic E-state index is 10.7. The molecule has 1 aromatic rings. The summed E-state index contributed by atoms with van der Waals surface area (Å²) in [5, 5.41) is 0.272. The summed E-state index contributed by atoms with van der Waals surface area (Å²) < 4.78 is 26.0. The molecule has 0 spiro atoms. The van der Waals surface area contributed by atoms with Crippen LogP contribution in [0.25, 0.3) is 0 Å². The van der Waals surface area contributed by atoms with Gasteiger partial charge in [0.05, 0.1) is 12.9 Å². The molecule has 0 aliphatic rings. The SMILES string of the molecule is Cc1ccc(COS(C)(=O)=O)c(Cl)n1. The van der Waals surface area contributed by atoms with E-state index < -0.39 is 10.1 Å². The molecule has 0 saturated heterocycles. The molecule has 0 unspecified atom stereocenters. The Labute approximate surface area is 88.0 Å². The van der Waals surface area contributed by atoms with E-state index in [1.54, 1.807) is 19.1 Å². The van der Waals surface area contributed by atoms with Gasteiger partial charge in [-0.25, -0.2) is 4.98 Å². The van der Waals surface area contributed by atoms with E-state index in [0.29, 0.717) is 5.56 Å². The minimum Gasteiger partial charge on any atom is -0.265 e. The predicted octanol–water partition coefficient (Wildman–Crippen LogP) is 1.52. The van der Waals surface area contributed by atoms with E-state index in [4.69, 9.17) is 11.6 Å². The molecule has 0 radical (unpaired) electrons. The highest BCUT2D eigenvalue weighted by molar-refractivity contribution is 7.85. The number of pyridine rings is 1. The first kappa shape index (κ1) is 11.4. The van der Waals surface area contributed by atoms with Crippen LogP contribution in [0, 0.1) is 6.92 Å². The number of nitrogens with zero attached hydrogens (tertiary/aromatic N) is 1. The maximum atomic E-state index is 10.7. The second kappa shape index (κ2) is 4.25. The van der Waals surface area contributed by atoms with Crippen molar-refractivity contribution in [2.24, 2.45) is 0 Å². The van der Waals surface area contributed by atoms with Crippen LogP contribution in [0.4, 0.5) is 0 Å². The first-order chi connectivity index (χ1) is 6.38. The van der Waals surface area contributed by atoms with Crippen molar-refractivity contribution in [2.75, 3.05) is 6.26 Å². The number of hydrogen-bond donors (Lipinski definition) is 0. The van der Waals surface area contributed by atoms with Crippen LogP contribution in [0.15, 0.2) is 12.1 Å². The van der Waals surface area contributed by atoms with Gasteiger partial charge >= 0.3 is 0 Å². The first-order valence-electron chi connectivity index (χ1n) is 3.85. The third-order valence-corrected chi connectivity index (χ3v) is 2.37. The number of hydrogen-bond acceptors (Lipinski definition) is 4. The zero-order valence-electron chi connectivity index (χ0n) is 7.82. The molecule has 0 aromatic carbocycles. The zero-order valence-corrected chi connectivity index (χ0v) is 9.39. The largest absolute Gasteiger partial charge is 0.265 e. The smallest absolute Gasteiger partial charge is 0.264 e. The molecule has 0 saturated carbocycles. The molecule has 0 aliphatic carbocycles. The average molecular weight is 236 g/mol. The van der Waals surface area contributed by atoms with Gasteiger partial charge in [-0.15, -0.1) is 0 Å². The molecule has 4 nitrogen and oxygen atoms in total. The lowest BCUT2D eigenvalue weighted by molar-refractivity contribution is 0.311. The van der Waals surface area contributed by atoms with E-state index in [0.717, 1.165) is 11.9 Å². The van der Waals surface area contributed by atoms with Crippen LogP contribution in [-0.4, -0.2) is 19.7 Å². The van der Waals surface area contributed by atoms with Gasteiger partial charge in [-0.05, 0) is 13.0 Å². The monoisotopic (exact) mass is 235 g/mol. The predicted molar refractivity (Wildman–Crippen MR) is 53.6 cm³/mol. The van der Waals surface area contributed by atoms with Crippen LogP contribution < -0.4 is 0 Å². The van der Waals surface area contributed by atoms with Gasteiger partial charge < -0.3 is 0 Å². The van der Waals surface area contributed by atoms with Crippen molar-refractivity contribution in [1.82, 2.24) is 4.98 Å². The average Bonchev–Trinajstić information content (AvgIpc) is 2.00. The third kappa shape index (κ3) is 3.61. The lowest BCUT2D eigenvalue weighted by Gasteiger charge is -2.03. The third-order valence-electron chi connectivity index (χ3n) is 1.49. The van der Waals surface area contributed by atoms with Crippen LogP contribution in [0.1, 0.15) is 11.3 Å². The standard InChI is InChI=1S/C8H10ClNO3S/c1-6-3-4-7(8(9)10-6)5-13-14(2,11)12/h3-4H,5H2,1-2H3. The lowest BCUT2D eigenvalue weighted by atomic mass is 10.3. The van der Waals surface area contributed by atoms with Gasteiger partial charge in [0.1, 0.15) is 5.15 Å². The van der Waals surface area contributed by atoms with E-state index in [1.165, 1.54) is 0 Å². The van der Waals surface area contributed by atoms with Crippen molar-refractivity contribution in [2.45, 2.75) is 13.5 Å². The topological polar surface area (TPSA) is 56.3 Å². The zero-order chi connectivity index (χ0) is 10.8. The number of halogens is 1. The van der Waals surface area contributed by atoms with Gasteiger partial charge in [-0.2, -0.15) is 8.42 Å². The molecular weight excluding hydrogens is 226 g/mol. The summed E-state index contributed by atoms with van der Waals surface area (Å²) in [7, 11) is -3.44. The maximum Gasteiger partial charge on any atom is 0.264 e. The van der Waals surface area contributed by atoms with Gasteiger partial charge in [0.2, 0.25) is 0 Å². The number of aromatic nitrogens is 1. The molecule has 0 fully saturated rings. The second-order valence-corrected chi connectivity index (χ2v) is 4.87. The molecule has 14 heavy (non-hydrogen) atoms. The summed E-state index contributed by atoms with van der Waals surface area (Å²) in [5.41, 5.74) is 1.33. The summed E-state index contributed by atoms with van der Waals surface area (Å²) >= 11 is 5.77. The highest BCUT2D eigenvalue weighted by Gasteiger charge is 2.06. The Kier molecular flexibility index (Phi) is 3.47. The molecule has 0 bridgehead atoms. The highest BCUT2D eigenvalue weighted by atomic mass is 35.5. The molecule has 0 atom stereocenters. The summed E-state index contributed by atoms with van der Waals surface area (Å²) in [6, 6.07) is 3.43. The van der Waals surface area contributed by atoms with Crippen molar-refractivity contribution in [3.8, 4) is 0 Å². The summed E-state index contributed by atoms with van der Waals surface area (Å²) in [6.45, 7) is 1.72. The highest BCUT2D eigenvalue weighted by Crippen LogP contribution is 2.15. The Morgan fingerprint density at radius 1 is 1.50 bits per heavy atom.